The third kappa shape index (κ3) is 7.48. The molecule has 0 aromatic heterocycles. The summed E-state index contributed by atoms with van der Waals surface area (Å²) < 4.78 is 29.2. The number of benzene rings is 2. The van der Waals surface area contributed by atoms with Crippen molar-refractivity contribution in [3.63, 3.8) is 0 Å². The number of para-hydroxylation sites is 1. The summed E-state index contributed by atoms with van der Waals surface area (Å²) in [6.45, 7) is 3.28. The van der Waals surface area contributed by atoms with Gasteiger partial charge < -0.3 is 5.32 Å². The van der Waals surface area contributed by atoms with Crippen LogP contribution < -0.4 is 5.32 Å². The summed E-state index contributed by atoms with van der Waals surface area (Å²) in [5.41, 5.74) is 1.22. The number of hydrogen-bond donors (Lipinski definition) is 2. The monoisotopic (exact) mass is 307 g/mol. The van der Waals surface area contributed by atoms with Crippen LogP contribution in [0.4, 0.5) is 5.69 Å². The number of hydrogen-bond acceptors (Lipinski definition) is 3. The molecule has 0 unspecified atom stereocenters. The van der Waals surface area contributed by atoms with Gasteiger partial charge in [0.1, 0.15) is 0 Å². The highest BCUT2D eigenvalue weighted by molar-refractivity contribution is 7.85. The predicted octanol–water partition coefficient (Wildman–Crippen LogP) is 3.83. The minimum absolute atomic E-state index is 0.0741. The molecule has 0 saturated heterocycles. The molecular weight excluding hydrogens is 286 g/mol. The molecule has 2 rings (SSSR count). The predicted molar refractivity (Wildman–Crippen MR) is 86.1 cm³/mol. The van der Waals surface area contributed by atoms with E-state index in [0.29, 0.717) is 0 Å². The van der Waals surface area contributed by atoms with Crippen molar-refractivity contribution in [2.24, 2.45) is 0 Å². The molecular formula is C16H21NO3S. The molecule has 0 aliphatic rings. The minimum Gasteiger partial charge on any atom is -0.385 e. The van der Waals surface area contributed by atoms with Crippen molar-refractivity contribution < 1.29 is 13.0 Å². The van der Waals surface area contributed by atoms with Crippen LogP contribution in [0, 0.1) is 0 Å². The van der Waals surface area contributed by atoms with Crippen molar-refractivity contribution in [2.45, 2.75) is 24.7 Å². The van der Waals surface area contributed by atoms with Gasteiger partial charge in [0.05, 0.1) is 4.90 Å². The summed E-state index contributed by atoms with van der Waals surface area (Å²) in [7, 11) is -4.00. The van der Waals surface area contributed by atoms with Crippen LogP contribution >= 0.6 is 0 Å². The van der Waals surface area contributed by atoms with Gasteiger partial charge in [-0.2, -0.15) is 8.42 Å². The molecule has 0 spiro atoms. The maximum absolute atomic E-state index is 10.4. The first-order valence-electron chi connectivity index (χ1n) is 6.85. The van der Waals surface area contributed by atoms with Crippen LogP contribution in [-0.2, 0) is 10.1 Å². The molecule has 2 aromatic rings. The van der Waals surface area contributed by atoms with Gasteiger partial charge in [-0.1, -0.05) is 49.7 Å². The van der Waals surface area contributed by atoms with E-state index in [-0.39, 0.29) is 4.90 Å². The van der Waals surface area contributed by atoms with E-state index < -0.39 is 10.1 Å². The lowest BCUT2D eigenvalue weighted by Crippen LogP contribution is -1.99. The molecule has 0 aliphatic heterocycles. The van der Waals surface area contributed by atoms with Gasteiger partial charge in [0.2, 0.25) is 0 Å². The number of unbranched alkanes of at least 4 members (excludes halogenated alkanes) is 1. The summed E-state index contributed by atoms with van der Waals surface area (Å²) in [6.07, 6.45) is 2.49. The number of rotatable bonds is 5. The fourth-order valence-corrected chi connectivity index (χ4v) is 2.06. The van der Waals surface area contributed by atoms with Crippen LogP contribution in [0.3, 0.4) is 0 Å². The SMILES string of the molecule is CCCCNc1ccccc1.O=S(=O)(O)c1ccccc1. The number of nitrogens with one attached hydrogen (secondary N) is 1. The van der Waals surface area contributed by atoms with Gasteiger partial charge in [0, 0.05) is 12.2 Å². The Labute approximate surface area is 126 Å². The Bertz CT molecular complexity index is 598. The van der Waals surface area contributed by atoms with Crippen LogP contribution in [0.25, 0.3) is 0 Å². The summed E-state index contributed by atoms with van der Waals surface area (Å²) in [6, 6.07) is 17.7. The third-order valence-electron chi connectivity index (χ3n) is 2.67. The Kier molecular flexibility index (Phi) is 7.50. The fraction of sp³-hybridized carbons (Fsp3) is 0.250. The second-order valence-electron chi connectivity index (χ2n) is 4.43. The van der Waals surface area contributed by atoms with Crippen LogP contribution in [0.5, 0.6) is 0 Å². The van der Waals surface area contributed by atoms with Crippen molar-refractivity contribution in [1.29, 1.82) is 0 Å². The van der Waals surface area contributed by atoms with Gasteiger partial charge in [-0.25, -0.2) is 0 Å². The van der Waals surface area contributed by atoms with E-state index in [1.54, 1.807) is 18.2 Å². The number of anilines is 1. The van der Waals surface area contributed by atoms with Crippen LogP contribution in [0.15, 0.2) is 65.6 Å². The Balaban J connectivity index is 0.000000211. The molecule has 0 amide bonds. The molecule has 0 atom stereocenters. The van der Waals surface area contributed by atoms with Gasteiger partial charge >= 0.3 is 0 Å². The average molecular weight is 307 g/mol. The van der Waals surface area contributed by atoms with E-state index in [1.807, 2.05) is 18.2 Å². The van der Waals surface area contributed by atoms with Crippen molar-refractivity contribution in [1.82, 2.24) is 0 Å². The largest absolute Gasteiger partial charge is 0.385 e. The third-order valence-corrected chi connectivity index (χ3v) is 3.54. The highest BCUT2D eigenvalue weighted by atomic mass is 32.2. The van der Waals surface area contributed by atoms with Gasteiger partial charge in [0.25, 0.3) is 10.1 Å². The summed E-state index contributed by atoms with van der Waals surface area (Å²) in [4.78, 5) is -0.0741. The molecule has 0 fully saturated rings. The quantitative estimate of drug-likeness (QED) is 0.651. The van der Waals surface area contributed by atoms with Crippen molar-refractivity contribution in [2.75, 3.05) is 11.9 Å². The van der Waals surface area contributed by atoms with Gasteiger partial charge in [-0.05, 0) is 30.7 Å². The maximum atomic E-state index is 10.4. The van der Waals surface area contributed by atoms with Gasteiger partial charge in [-0.15, -0.1) is 0 Å². The van der Waals surface area contributed by atoms with E-state index in [9.17, 15) is 8.42 Å². The Morgan fingerprint density at radius 1 is 0.952 bits per heavy atom. The van der Waals surface area contributed by atoms with Crippen LogP contribution in [-0.4, -0.2) is 19.5 Å². The highest BCUT2D eigenvalue weighted by Crippen LogP contribution is 2.05. The lowest BCUT2D eigenvalue weighted by atomic mass is 10.3. The van der Waals surface area contributed by atoms with Crippen molar-refractivity contribution in [3.05, 3.63) is 60.7 Å². The Morgan fingerprint density at radius 3 is 1.90 bits per heavy atom. The normalized spacial score (nSPS) is 10.4. The maximum Gasteiger partial charge on any atom is 0.294 e. The Morgan fingerprint density at radius 2 is 1.48 bits per heavy atom. The summed E-state index contributed by atoms with van der Waals surface area (Å²) in [5, 5.41) is 3.35. The van der Waals surface area contributed by atoms with Crippen molar-refractivity contribution >= 4 is 15.8 Å². The zero-order chi connectivity index (χ0) is 15.6. The molecule has 2 aromatic carbocycles. The standard InChI is InChI=1S/C10H15N.C6H6O3S/c1-2-3-9-11-10-7-5-4-6-8-10;7-10(8,9)6-4-2-1-3-5-6/h4-8,11H,2-3,9H2,1H3;1-5H,(H,7,8,9). The molecule has 2 N–H and O–H groups in total. The van der Waals surface area contributed by atoms with Gasteiger partial charge in [-0.3, -0.25) is 4.55 Å². The van der Waals surface area contributed by atoms with Crippen molar-refractivity contribution in [3.8, 4) is 0 Å². The fourth-order valence-electron chi connectivity index (χ4n) is 1.56. The smallest absolute Gasteiger partial charge is 0.294 e. The highest BCUT2D eigenvalue weighted by Gasteiger charge is 2.05. The molecule has 4 nitrogen and oxygen atoms in total. The average Bonchev–Trinajstić information content (AvgIpc) is 2.49. The first kappa shape index (κ1) is 17.2. The Hall–Kier alpha value is -1.85. The van der Waals surface area contributed by atoms with Gasteiger partial charge in [0.15, 0.2) is 0 Å². The van der Waals surface area contributed by atoms with E-state index in [2.05, 4.69) is 24.4 Å². The molecule has 0 saturated carbocycles. The van der Waals surface area contributed by atoms with Crippen LogP contribution in [0.2, 0.25) is 0 Å². The van der Waals surface area contributed by atoms with E-state index in [4.69, 9.17) is 4.55 Å². The summed E-state index contributed by atoms with van der Waals surface area (Å²) >= 11 is 0. The first-order valence-corrected chi connectivity index (χ1v) is 8.29. The first-order chi connectivity index (χ1) is 10.0. The van der Waals surface area contributed by atoms with Crippen LogP contribution in [0.1, 0.15) is 19.8 Å². The van der Waals surface area contributed by atoms with E-state index >= 15 is 0 Å². The molecule has 0 aliphatic carbocycles. The molecule has 0 heterocycles. The topological polar surface area (TPSA) is 66.4 Å². The molecule has 21 heavy (non-hydrogen) atoms. The zero-order valence-corrected chi connectivity index (χ0v) is 12.9. The summed E-state index contributed by atoms with van der Waals surface area (Å²) in [5.74, 6) is 0. The minimum atomic E-state index is -4.00. The molecule has 0 bridgehead atoms. The van der Waals surface area contributed by atoms with E-state index in [0.717, 1.165) is 6.54 Å². The zero-order valence-electron chi connectivity index (χ0n) is 12.1. The molecule has 5 heteroatoms. The second-order valence-corrected chi connectivity index (χ2v) is 5.86. The lowest BCUT2D eigenvalue weighted by molar-refractivity contribution is 0.483. The lowest BCUT2D eigenvalue weighted by Gasteiger charge is -2.03. The molecule has 0 radical (unpaired) electrons. The second kappa shape index (κ2) is 9.15. The van der Waals surface area contributed by atoms with E-state index in [1.165, 1.54) is 30.7 Å². The molecule has 114 valence electrons.